The van der Waals surface area contributed by atoms with E-state index in [0.717, 1.165) is 22.6 Å². The van der Waals surface area contributed by atoms with Crippen molar-refractivity contribution in [3.8, 4) is 11.5 Å². The summed E-state index contributed by atoms with van der Waals surface area (Å²) in [6, 6.07) is 5.67. The van der Waals surface area contributed by atoms with E-state index in [-0.39, 0.29) is 6.61 Å². The van der Waals surface area contributed by atoms with Crippen molar-refractivity contribution in [2.24, 2.45) is 5.16 Å². The Bertz CT molecular complexity index is 697. The van der Waals surface area contributed by atoms with Crippen LogP contribution in [0.2, 0.25) is 0 Å². The molecule has 1 aromatic carbocycles. The Morgan fingerprint density at radius 1 is 1.17 bits per heavy atom. The summed E-state index contributed by atoms with van der Waals surface area (Å²) in [5.74, 6) is 2.25. The SMILES string of the molecule is C/C=C/COc1cc(C)c(OCc2cc(C=NOC)no2)c(C)c1. The number of hydrogen-bond acceptors (Lipinski definition) is 6. The lowest BCUT2D eigenvalue weighted by atomic mass is 10.1. The number of aryl methyl sites for hydroxylation is 2. The summed E-state index contributed by atoms with van der Waals surface area (Å²) in [6.07, 6.45) is 5.39. The first kappa shape index (κ1) is 17.6. The number of allylic oxidation sites excluding steroid dienone is 1. The van der Waals surface area contributed by atoms with Gasteiger partial charge in [0.25, 0.3) is 0 Å². The van der Waals surface area contributed by atoms with Crippen molar-refractivity contribution in [1.82, 2.24) is 5.16 Å². The lowest BCUT2D eigenvalue weighted by Crippen LogP contribution is -2.00. The quantitative estimate of drug-likeness (QED) is 0.418. The topological polar surface area (TPSA) is 66.1 Å². The molecule has 0 atom stereocenters. The van der Waals surface area contributed by atoms with Gasteiger partial charge in [0.1, 0.15) is 37.5 Å². The molecule has 2 aromatic rings. The number of rotatable bonds is 8. The Morgan fingerprint density at radius 2 is 1.92 bits per heavy atom. The van der Waals surface area contributed by atoms with Gasteiger partial charge in [0.05, 0.1) is 6.21 Å². The van der Waals surface area contributed by atoms with Crippen molar-refractivity contribution in [2.45, 2.75) is 27.4 Å². The van der Waals surface area contributed by atoms with Crippen molar-refractivity contribution in [2.75, 3.05) is 13.7 Å². The molecular formula is C18H22N2O4. The molecule has 0 bridgehead atoms. The summed E-state index contributed by atoms with van der Waals surface area (Å²) in [4.78, 5) is 4.60. The van der Waals surface area contributed by atoms with Crippen LogP contribution in [0.1, 0.15) is 29.5 Å². The molecule has 1 aromatic heterocycles. The molecule has 0 spiro atoms. The zero-order valence-electron chi connectivity index (χ0n) is 14.4. The standard InChI is InChI=1S/C18H22N2O4/c1-5-6-7-22-16-8-13(2)18(14(3)9-16)23-12-17-10-15(20-24-17)11-19-21-4/h5-6,8-11H,7,12H2,1-4H3/b6-5+,19-11?. The lowest BCUT2D eigenvalue weighted by Gasteiger charge is -2.13. The van der Waals surface area contributed by atoms with Crippen LogP contribution in [0.4, 0.5) is 0 Å². The number of aromatic nitrogens is 1. The van der Waals surface area contributed by atoms with Crippen molar-refractivity contribution in [3.63, 3.8) is 0 Å². The second kappa shape index (κ2) is 8.76. The molecule has 0 saturated carbocycles. The van der Waals surface area contributed by atoms with Gasteiger partial charge in [-0.05, 0) is 44.0 Å². The molecule has 1 heterocycles. The number of oxime groups is 1. The van der Waals surface area contributed by atoms with Crippen molar-refractivity contribution < 1.29 is 18.8 Å². The highest BCUT2D eigenvalue weighted by Crippen LogP contribution is 2.29. The minimum absolute atomic E-state index is 0.286. The predicted octanol–water partition coefficient (Wildman–Crippen LogP) is 3.81. The Labute approximate surface area is 141 Å². The van der Waals surface area contributed by atoms with E-state index in [1.807, 2.05) is 45.1 Å². The van der Waals surface area contributed by atoms with Crippen molar-refractivity contribution in [3.05, 3.63) is 52.9 Å². The molecule has 0 aliphatic rings. The maximum Gasteiger partial charge on any atom is 0.174 e. The van der Waals surface area contributed by atoms with Crippen LogP contribution in [0.25, 0.3) is 0 Å². The van der Waals surface area contributed by atoms with E-state index in [1.165, 1.54) is 13.3 Å². The zero-order chi connectivity index (χ0) is 17.4. The van der Waals surface area contributed by atoms with Gasteiger partial charge in [0.2, 0.25) is 0 Å². The Hall–Kier alpha value is -2.76. The molecule has 0 radical (unpaired) electrons. The molecule has 0 aliphatic heterocycles. The smallest absolute Gasteiger partial charge is 0.174 e. The maximum atomic E-state index is 5.87. The fraction of sp³-hybridized carbons (Fsp3) is 0.333. The van der Waals surface area contributed by atoms with Gasteiger partial charge in [0.15, 0.2) is 5.76 Å². The minimum atomic E-state index is 0.286. The molecule has 6 nitrogen and oxygen atoms in total. The second-order valence-corrected chi connectivity index (χ2v) is 5.19. The maximum absolute atomic E-state index is 5.87. The number of nitrogens with zero attached hydrogens (tertiary/aromatic N) is 2. The van der Waals surface area contributed by atoms with E-state index in [9.17, 15) is 0 Å². The normalized spacial score (nSPS) is 11.3. The third-order valence-electron chi connectivity index (χ3n) is 3.24. The number of benzene rings is 1. The largest absolute Gasteiger partial charge is 0.490 e. The molecule has 128 valence electrons. The lowest BCUT2D eigenvalue weighted by molar-refractivity contribution is 0.215. The van der Waals surface area contributed by atoms with E-state index in [1.54, 1.807) is 6.07 Å². The summed E-state index contributed by atoms with van der Waals surface area (Å²) < 4.78 is 16.7. The van der Waals surface area contributed by atoms with Crippen LogP contribution in [0.15, 0.2) is 40.0 Å². The first-order valence-electron chi connectivity index (χ1n) is 7.64. The molecule has 0 unspecified atom stereocenters. The van der Waals surface area contributed by atoms with Crippen LogP contribution in [0, 0.1) is 13.8 Å². The van der Waals surface area contributed by atoms with Gasteiger partial charge in [-0.1, -0.05) is 22.5 Å². The van der Waals surface area contributed by atoms with E-state index in [0.29, 0.717) is 18.1 Å². The van der Waals surface area contributed by atoms with Crippen LogP contribution >= 0.6 is 0 Å². The third-order valence-corrected chi connectivity index (χ3v) is 3.24. The van der Waals surface area contributed by atoms with Gasteiger partial charge in [0, 0.05) is 6.07 Å². The van der Waals surface area contributed by atoms with Crippen molar-refractivity contribution in [1.29, 1.82) is 0 Å². The molecule has 2 rings (SSSR count). The Morgan fingerprint density at radius 3 is 2.58 bits per heavy atom. The van der Waals surface area contributed by atoms with Crippen LogP contribution in [0.5, 0.6) is 11.5 Å². The Balaban J connectivity index is 2.01. The van der Waals surface area contributed by atoms with Gasteiger partial charge < -0.3 is 18.8 Å². The fourth-order valence-corrected chi connectivity index (χ4v) is 2.17. The van der Waals surface area contributed by atoms with Gasteiger partial charge in [-0.3, -0.25) is 0 Å². The number of hydrogen-bond donors (Lipinski definition) is 0. The number of ether oxygens (including phenoxy) is 2. The van der Waals surface area contributed by atoms with Crippen LogP contribution in [-0.4, -0.2) is 25.1 Å². The molecule has 6 heteroatoms. The molecule has 24 heavy (non-hydrogen) atoms. The summed E-state index contributed by atoms with van der Waals surface area (Å²) in [7, 11) is 1.47. The summed E-state index contributed by atoms with van der Waals surface area (Å²) in [5.41, 5.74) is 2.59. The first-order chi connectivity index (χ1) is 11.6. The minimum Gasteiger partial charge on any atom is -0.490 e. The van der Waals surface area contributed by atoms with Crippen LogP contribution < -0.4 is 9.47 Å². The highest BCUT2D eigenvalue weighted by Gasteiger charge is 2.10. The zero-order valence-corrected chi connectivity index (χ0v) is 14.4. The van der Waals surface area contributed by atoms with E-state index >= 15 is 0 Å². The average molecular weight is 330 g/mol. The summed E-state index contributed by atoms with van der Waals surface area (Å²) in [5, 5.41) is 7.49. The molecule has 0 aliphatic carbocycles. The monoisotopic (exact) mass is 330 g/mol. The predicted molar refractivity (Wildman–Crippen MR) is 91.7 cm³/mol. The molecule has 0 amide bonds. The average Bonchev–Trinajstić information content (AvgIpc) is 3.00. The van der Waals surface area contributed by atoms with Gasteiger partial charge >= 0.3 is 0 Å². The van der Waals surface area contributed by atoms with Gasteiger partial charge in [-0.25, -0.2) is 0 Å². The van der Waals surface area contributed by atoms with E-state index in [4.69, 9.17) is 14.0 Å². The highest BCUT2D eigenvalue weighted by molar-refractivity contribution is 5.76. The van der Waals surface area contributed by atoms with Crippen LogP contribution in [0.3, 0.4) is 0 Å². The van der Waals surface area contributed by atoms with E-state index < -0.39 is 0 Å². The van der Waals surface area contributed by atoms with Gasteiger partial charge in [-0.2, -0.15) is 0 Å². The molecular weight excluding hydrogens is 308 g/mol. The molecule has 0 fully saturated rings. The third kappa shape index (κ3) is 4.87. The summed E-state index contributed by atoms with van der Waals surface area (Å²) >= 11 is 0. The summed E-state index contributed by atoms with van der Waals surface area (Å²) in [6.45, 7) is 6.78. The van der Waals surface area contributed by atoms with Crippen molar-refractivity contribution >= 4 is 6.21 Å². The van der Waals surface area contributed by atoms with E-state index in [2.05, 4.69) is 15.1 Å². The fourth-order valence-electron chi connectivity index (χ4n) is 2.17. The van der Waals surface area contributed by atoms with Crippen LogP contribution in [-0.2, 0) is 11.4 Å². The Kier molecular flexibility index (Phi) is 6.42. The molecule has 0 N–H and O–H groups in total. The first-order valence-corrected chi connectivity index (χ1v) is 7.64. The van der Waals surface area contributed by atoms with Gasteiger partial charge in [-0.15, -0.1) is 0 Å². The second-order valence-electron chi connectivity index (χ2n) is 5.19. The highest BCUT2D eigenvalue weighted by atomic mass is 16.6. The molecule has 0 saturated heterocycles.